The molecule has 4 nitrogen and oxygen atoms in total. The molecule has 2 unspecified atom stereocenters. The second-order valence-corrected chi connectivity index (χ2v) is 4.87. The van der Waals surface area contributed by atoms with Crippen molar-refractivity contribution in [1.29, 1.82) is 0 Å². The van der Waals surface area contributed by atoms with Crippen LogP contribution >= 0.6 is 0 Å². The van der Waals surface area contributed by atoms with Crippen LogP contribution in [-0.2, 0) is 4.79 Å². The lowest BCUT2D eigenvalue weighted by molar-refractivity contribution is -0.138. The number of aliphatic hydroxyl groups excluding tert-OH is 1. The van der Waals surface area contributed by atoms with E-state index in [0.717, 1.165) is 45.2 Å². The number of rotatable bonds is 2. The van der Waals surface area contributed by atoms with Gasteiger partial charge in [-0.05, 0) is 38.6 Å². The molecule has 2 N–H and O–H groups in total. The van der Waals surface area contributed by atoms with Crippen molar-refractivity contribution in [2.45, 2.75) is 50.6 Å². The average molecular weight is 226 g/mol. The van der Waals surface area contributed by atoms with Crippen molar-refractivity contribution in [2.75, 3.05) is 19.7 Å². The van der Waals surface area contributed by atoms with Gasteiger partial charge in [0.05, 0.1) is 18.7 Å². The molecule has 0 bridgehead atoms. The molecule has 0 radical (unpaired) electrons. The predicted octanol–water partition coefficient (Wildman–Crippen LogP) is 0.502. The first-order chi connectivity index (χ1) is 7.83. The largest absolute Gasteiger partial charge is 0.394 e. The number of hydrogen-bond acceptors (Lipinski definition) is 3. The highest BCUT2D eigenvalue weighted by Crippen LogP contribution is 2.19. The van der Waals surface area contributed by atoms with Crippen LogP contribution in [0.5, 0.6) is 0 Å². The molecule has 2 aliphatic heterocycles. The molecule has 1 amide bonds. The normalized spacial score (nSPS) is 31.4. The van der Waals surface area contributed by atoms with Crippen LogP contribution in [0.15, 0.2) is 0 Å². The lowest BCUT2D eigenvalue weighted by Gasteiger charge is -2.38. The highest BCUT2D eigenvalue weighted by molar-refractivity contribution is 5.82. The summed E-state index contributed by atoms with van der Waals surface area (Å²) in [5, 5.41) is 12.6. The summed E-state index contributed by atoms with van der Waals surface area (Å²) in [6.07, 6.45) is 6.43. The fraction of sp³-hybridized carbons (Fsp3) is 0.917. The van der Waals surface area contributed by atoms with Gasteiger partial charge in [-0.25, -0.2) is 0 Å². The van der Waals surface area contributed by atoms with Crippen LogP contribution in [0, 0.1) is 0 Å². The first-order valence-corrected chi connectivity index (χ1v) is 6.47. The Morgan fingerprint density at radius 2 is 2.06 bits per heavy atom. The minimum atomic E-state index is 0.000833. The van der Waals surface area contributed by atoms with Gasteiger partial charge in [-0.2, -0.15) is 0 Å². The summed E-state index contributed by atoms with van der Waals surface area (Å²) in [6, 6.07) is 0.0610. The summed E-state index contributed by atoms with van der Waals surface area (Å²) in [4.78, 5) is 14.2. The Hall–Kier alpha value is -0.610. The van der Waals surface area contributed by atoms with Crippen molar-refractivity contribution in [1.82, 2.24) is 10.2 Å². The number of nitrogens with one attached hydrogen (secondary N) is 1. The molecular weight excluding hydrogens is 204 g/mol. The van der Waals surface area contributed by atoms with Gasteiger partial charge >= 0.3 is 0 Å². The summed E-state index contributed by atoms with van der Waals surface area (Å²) < 4.78 is 0. The van der Waals surface area contributed by atoms with Gasteiger partial charge in [0.25, 0.3) is 0 Å². The Labute approximate surface area is 97.0 Å². The van der Waals surface area contributed by atoms with Crippen LogP contribution in [-0.4, -0.2) is 47.7 Å². The van der Waals surface area contributed by atoms with E-state index in [4.69, 9.17) is 0 Å². The van der Waals surface area contributed by atoms with E-state index in [-0.39, 0.29) is 24.6 Å². The predicted molar refractivity (Wildman–Crippen MR) is 62.1 cm³/mol. The number of hydrogen-bond donors (Lipinski definition) is 2. The summed E-state index contributed by atoms with van der Waals surface area (Å²) in [5.74, 6) is 0.207. The topological polar surface area (TPSA) is 52.6 Å². The van der Waals surface area contributed by atoms with E-state index in [1.165, 1.54) is 6.42 Å². The van der Waals surface area contributed by atoms with E-state index in [0.29, 0.717) is 0 Å². The van der Waals surface area contributed by atoms with Gasteiger partial charge in [0.15, 0.2) is 0 Å². The van der Waals surface area contributed by atoms with Crippen molar-refractivity contribution < 1.29 is 9.90 Å². The molecule has 4 heteroatoms. The number of carbonyl (C=O) groups excluding carboxylic acids is 1. The van der Waals surface area contributed by atoms with E-state index < -0.39 is 0 Å². The number of piperidine rings is 2. The van der Waals surface area contributed by atoms with E-state index in [9.17, 15) is 9.90 Å². The fourth-order valence-corrected chi connectivity index (χ4v) is 2.74. The Morgan fingerprint density at radius 3 is 2.75 bits per heavy atom. The molecule has 0 aliphatic carbocycles. The van der Waals surface area contributed by atoms with Crippen LogP contribution in [0.3, 0.4) is 0 Å². The van der Waals surface area contributed by atoms with E-state index in [1.54, 1.807) is 0 Å². The van der Waals surface area contributed by atoms with Gasteiger partial charge in [0.2, 0.25) is 5.91 Å². The molecule has 0 aromatic rings. The Bertz CT molecular complexity index is 239. The van der Waals surface area contributed by atoms with Crippen molar-refractivity contribution in [2.24, 2.45) is 0 Å². The number of aliphatic hydroxyl groups is 1. The molecule has 2 fully saturated rings. The highest BCUT2D eigenvalue weighted by Gasteiger charge is 2.31. The highest BCUT2D eigenvalue weighted by atomic mass is 16.3. The number of carbonyl (C=O) groups is 1. The quantitative estimate of drug-likeness (QED) is 0.721. The van der Waals surface area contributed by atoms with Crippen molar-refractivity contribution >= 4 is 5.91 Å². The second-order valence-electron chi connectivity index (χ2n) is 4.87. The minimum absolute atomic E-state index is 0.000833. The Kier molecular flexibility index (Phi) is 4.18. The lowest BCUT2D eigenvalue weighted by Crippen LogP contribution is -2.54. The Balaban J connectivity index is 1.95. The maximum atomic E-state index is 12.3. The van der Waals surface area contributed by atoms with E-state index in [1.807, 2.05) is 4.90 Å². The third-order valence-corrected chi connectivity index (χ3v) is 3.73. The zero-order valence-corrected chi connectivity index (χ0v) is 9.82. The first kappa shape index (κ1) is 11.9. The smallest absolute Gasteiger partial charge is 0.240 e. The molecule has 2 saturated heterocycles. The fourth-order valence-electron chi connectivity index (χ4n) is 2.74. The number of likely N-dealkylation sites (tertiary alicyclic amines) is 1. The molecular formula is C12H22N2O2. The molecule has 0 aromatic carbocycles. The van der Waals surface area contributed by atoms with E-state index in [2.05, 4.69) is 5.32 Å². The molecule has 92 valence electrons. The zero-order chi connectivity index (χ0) is 11.4. The zero-order valence-electron chi connectivity index (χ0n) is 9.82. The van der Waals surface area contributed by atoms with Crippen LogP contribution in [0.1, 0.15) is 38.5 Å². The molecule has 2 heterocycles. The molecule has 0 saturated carbocycles. The molecule has 2 atom stereocenters. The molecule has 16 heavy (non-hydrogen) atoms. The van der Waals surface area contributed by atoms with Crippen molar-refractivity contribution in [3.63, 3.8) is 0 Å². The minimum Gasteiger partial charge on any atom is -0.394 e. The SMILES string of the molecule is O=C(C1CCCCN1)N1CCCCC1CO. The van der Waals surface area contributed by atoms with Gasteiger partial charge in [-0.3, -0.25) is 4.79 Å². The van der Waals surface area contributed by atoms with Gasteiger partial charge < -0.3 is 15.3 Å². The van der Waals surface area contributed by atoms with Crippen LogP contribution in [0.4, 0.5) is 0 Å². The van der Waals surface area contributed by atoms with E-state index >= 15 is 0 Å². The second kappa shape index (κ2) is 5.64. The molecule has 0 spiro atoms. The van der Waals surface area contributed by atoms with Crippen molar-refractivity contribution in [3.05, 3.63) is 0 Å². The summed E-state index contributed by atoms with van der Waals surface area (Å²) in [7, 11) is 0. The summed E-state index contributed by atoms with van der Waals surface area (Å²) in [6.45, 7) is 1.88. The third-order valence-electron chi connectivity index (χ3n) is 3.73. The van der Waals surface area contributed by atoms with Crippen LogP contribution in [0.2, 0.25) is 0 Å². The lowest BCUT2D eigenvalue weighted by atomic mass is 9.98. The van der Waals surface area contributed by atoms with Gasteiger partial charge in [-0.1, -0.05) is 6.42 Å². The monoisotopic (exact) mass is 226 g/mol. The Morgan fingerprint density at radius 1 is 1.25 bits per heavy atom. The maximum absolute atomic E-state index is 12.3. The summed E-state index contributed by atoms with van der Waals surface area (Å²) in [5.41, 5.74) is 0. The van der Waals surface area contributed by atoms with Gasteiger partial charge in [0, 0.05) is 6.54 Å². The van der Waals surface area contributed by atoms with Gasteiger partial charge in [0.1, 0.15) is 0 Å². The van der Waals surface area contributed by atoms with Gasteiger partial charge in [-0.15, -0.1) is 0 Å². The molecule has 0 aromatic heterocycles. The third kappa shape index (κ3) is 2.55. The van der Waals surface area contributed by atoms with Crippen LogP contribution in [0.25, 0.3) is 0 Å². The number of amides is 1. The molecule has 2 aliphatic rings. The standard InChI is InChI=1S/C12H22N2O2/c15-9-10-5-2-4-8-14(10)12(16)11-6-1-3-7-13-11/h10-11,13,15H,1-9H2. The number of nitrogens with zero attached hydrogens (tertiary/aromatic N) is 1. The summed E-state index contributed by atoms with van der Waals surface area (Å²) >= 11 is 0. The maximum Gasteiger partial charge on any atom is 0.240 e. The average Bonchev–Trinajstić information content (AvgIpc) is 2.39. The molecule has 2 rings (SSSR count). The van der Waals surface area contributed by atoms with Crippen LogP contribution < -0.4 is 5.32 Å². The van der Waals surface area contributed by atoms with Crippen molar-refractivity contribution in [3.8, 4) is 0 Å². The first-order valence-electron chi connectivity index (χ1n) is 6.47.